The van der Waals surface area contributed by atoms with Crippen LogP contribution in [0.4, 0.5) is 0 Å². The SMILES string of the molecule is CCn1cc(C2CC2C(=O)ON2C(=O)c3ccccc3C2=O)cn1. The van der Waals surface area contributed by atoms with Gasteiger partial charge in [-0.25, -0.2) is 4.79 Å². The monoisotopic (exact) mass is 325 g/mol. The molecule has 2 amide bonds. The van der Waals surface area contributed by atoms with Crippen LogP contribution in [0.3, 0.4) is 0 Å². The van der Waals surface area contributed by atoms with Crippen molar-refractivity contribution >= 4 is 17.8 Å². The number of carbonyl (C=O) groups excluding carboxylic acids is 3. The van der Waals surface area contributed by atoms with E-state index in [1.807, 2.05) is 13.1 Å². The molecule has 1 aliphatic carbocycles. The molecule has 4 rings (SSSR count). The van der Waals surface area contributed by atoms with Crippen LogP contribution in [0.25, 0.3) is 0 Å². The maximum absolute atomic E-state index is 12.3. The Morgan fingerprint density at radius 1 is 1.25 bits per heavy atom. The van der Waals surface area contributed by atoms with Gasteiger partial charge in [0.1, 0.15) is 0 Å². The summed E-state index contributed by atoms with van der Waals surface area (Å²) in [5.41, 5.74) is 1.49. The number of imide groups is 1. The van der Waals surface area contributed by atoms with E-state index < -0.39 is 17.8 Å². The van der Waals surface area contributed by atoms with Crippen LogP contribution in [0, 0.1) is 5.92 Å². The molecule has 7 nitrogen and oxygen atoms in total. The summed E-state index contributed by atoms with van der Waals surface area (Å²) < 4.78 is 1.79. The Morgan fingerprint density at radius 3 is 2.50 bits per heavy atom. The Hall–Kier alpha value is -2.96. The van der Waals surface area contributed by atoms with Crippen molar-refractivity contribution < 1.29 is 19.2 Å². The zero-order valence-electron chi connectivity index (χ0n) is 13.0. The Morgan fingerprint density at radius 2 is 1.92 bits per heavy atom. The van der Waals surface area contributed by atoms with Crippen molar-refractivity contribution in [3.05, 3.63) is 53.3 Å². The largest absolute Gasteiger partial charge is 0.336 e. The van der Waals surface area contributed by atoms with Crippen molar-refractivity contribution in [2.24, 2.45) is 5.92 Å². The quantitative estimate of drug-likeness (QED) is 0.800. The number of nitrogens with zero attached hydrogens (tertiary/aromatic N) is 3. The standard InChI is InChI=1S/C17H15N3O4/c1-2-19-9-10(8-18-19)13-7-14(13)17(23)24-20-15(21)11-5-3-4-6-12(11)16(20)22/h3-6,8-9,13-14H,2,7H2,1H3. The van der Waals surface area contributed by atoms with Crippen molar-refractivity contribution in [2.75, 3.05) is 0 Å². The van der Waals surface area contributed by atoms with Crippen LogP contribution in [-0.4, -0.2) is 32.6 Å². The average Bonchev–Trinajstić information content (AvgIpc) is 3.20. The van der Waals surface area contributed by atoms with Crippen LogP contribution in [0.15, 0.2) is 36.7 Å². The van der Waals surface area contributed by atoms with Crippen molar-refractivity contribution in [1.29, 1.82) is 0 Å². The van der Waals surface area contributed by atoms with E-state index in [0.29, 0.717) is 11.5 Å². The highest BCUT2D eigenvalue weighted by Gasteiger charge is 2.48. The third kappa shape index (κ3) is 2.20. The van der Waals surface area contributed by atoms with E-state index >= 15 is 0 Å². The number of hydrogen-bond acceptors (Lipinski definition) is 5. The molecule has 1 saturated carbocycles. The minimum absolute atomic E-state index is 0.0352. The molecule has 2 aromatic rings. The van der Waals surface area contributed by atoms with E-state index in [-0.39, 0.29) is 23.0 Å². The fourth-order valence-corrected chi connectivity index (χ4v) is 2.98. The van der Waals surface area contributed by atoms with Crippen molar-refractivity contribution in [3.8, 4) is 0 Å². The molecule has 0 saturated heterocycles. The molecule has 1 fully saturated rings. The Kier molecular flexibility index (Phi) is 3.23. The number of aromatic nitrogens is 2. The highest BCUT2D eigenvalue weighted by atomic mass is 16.7. The van der Waals surface area contributed by atoms with Gasteiger partial charge >= 0.3 is 5.97 Å². The van der Waals surface area contributed by atoms with Gasteiger partial charge in [0.05, 0.1) is 23.2 Å². The zero-order valence-corrected chi connectivity index (χ0v) is 13.0. The van der Waals surface area contributed by atoms with Gasteiger partial charge in [-0.15, -0.1) is 0 Å². The van der Waals surface area contributed by atoms with Crippen molar-refractivity contribution in [3.63, 3.8) is 0 Å². The number of hydrogen-bond donors (Lipinski definition) is 0. The number of carbonyl (C=O) groups is 3. The molecule has 1 aromatic carbocycles. The third-order valence-corrected chi connectivity index (χ3v) is 4.44. The summed E-state index contributed by atoms with van der Waals surface area (Å²) in [6, 6.07) is 6.42. The maximum atomic E-state index is 12.3. The summed E-state index contributed by atoms with van der Waals surface area (Å²) >= 11 is 0. The zero-order chi connectivity index (χ0) is 16.8. The highest BCUT2D eigenvalue weighted by molar-refractivity contribution is 6.20. The molecule has 122 valence electrons. The van der Waals surface area contributed by atoms with Crippen LogP contribution in [0.5, 0.6) is 0 Å². The predicted molar refractivity (Wildman–Crippen MR) is 81.8 cm³/mol. The van der Waals surface area contributed by atoms with Gasteiger partial charge < -0.3 is 4.84 Å². The third-order valence-electron chi connectivity index (χ3n) is 4.44. The lowest BCUT2D eigenvalue weighted by molar-refractivity contribution is -0.170. The van der Waals surface area contributed by atoms with Gasteiger partial charge in [0.2, 0.25) is 0 Å². The molecule has 2 unspecified atom stereocenters. The van der Waals surface area contributed by atoms with E-state index in [9.17, 15) is 14.4 Å². The molecule has 2 atom stereocenters. The normalized spacial score (nSPS) is 21.8. The molecular formula is C17H15N3O4. The van der Waals surface area contributed by atoms with Gasteiger partial charge in [0.15, 0.2) is 0 Å². The van der Waals surface area contributed by atoms with Crippen molar-refractivity contribution in [1.82, 2.24) is 14.8 Å². The molecule has 2 aliphatic rings. The number of aryl methyl sites for hydroxylation is 1. The van der Waals surface area contributed by atoms with Gasteiger partial charge in [0.25, 0.3) is 11.8 Å². The van der Waals surface area contributed by atoms with Crippen LogP contribution in [0.2, 0.25) is 0 Å². The maximum Gasteiger partial charge on any atom is 0.336 e. The summed E-state index contributed by atoms with van der Waals surface area (Å²) in [4.78, 5) is 41.8. The lowest BCUT2D eigenvalue weighted by atomic mass is 10.1. The summed E-state index contributed by atoms with van der Waals surface area (Å²) in [7, 11) is 0. The van der Waals surface area contributed by atoms with Gasteiger partial charge in [-0.1, -0.05) is 17.2 Å². The van der Waals surface area contributed by atoms with Crippen LogP contribution < -0.4 is 0 Å². The fraction of sp³-hybridized carbons (Fsp3) is 0.294. The van der Waals surface area contributed by atoms with Gasteiger partial charge in [-0.2, -0.15) is 5.10 Å². The van der Waals surface area contributed by atoms with Crippen LogP contribution in [-0.2, 0) is 16.2 Å². The molecule has 2 heterocycles. The fourth-order valence-electron chi connectivity index (χ4n) is 2.98. The molecular weight excluding hydrogens is 310 g/mol. The minimum atomic E-state index is -0.597. The molecule has 1 aromatic heterocycles. The summed E-state index contributed by atoms with van der Waals surface area (Å²) in [5, 5.41) is 4.76. The lowest BCUT2D eigenvalue weighted by Crippen LogP contribution is -2.33. The van der Waals surface area contributed by atoms with E-state index in [0.717, 1.165) is 12.1 Å². The molecule has 0 radical (unpaired) electrons. The molecule has 24 heavy (non-hydrogen) atoms. The number of hydroxylamine groups is 2. The Labute approximate surface area is 137 Å². The minimum Gasteiger partial charge on any atom is -0.329 e. The highest BCUT2D eigenvalue weighted by Crippen LogP contribution is 2.48. The van der Waals surface area contributed by atoms with Gasteiger partial charge in [-0.05, 0) is 31.0 Å². The van der Waals surface area contributed by atoms with E-state index in [4.69, 9.17) is 4.84 Å². The molecule has 0 spiro atoms. The Balaban J connectivity index is 1.45. The van der Waals surface area contributed by atoms with Crippen LogP contribution in [0.1, 0.15) is 45.5 Å². The van der Waals surface area contributed by atoms with Crippen molar-refractivity contribution in [2.45, 2.75) is 25.8 Å². The topological polar surface area (TPSA) is 81.5 Å². The first-order valence-corrected chi connectivity index (χ1v) is 7.82. The first-order valence-electron chi connectivity index (χ1n) is 7.82. The van der Waals surface area contributed by atoms with E-state index in [1.165, 1.54) is 0 Å². The average molecular weight is 325 g/mol. The Bertz CT molecular complexity index is 822. The first kappa shape index (κ1) is 14.6. The number of benzene rings is 1. The second-order valence-corrected chi connectivity index (χ2v) is 5.94. The molecule has 0 bridgehead atoms. The first-order chi connectivity index (χ1) is 11.6. The molecule has 7 heteroatoms. The van der Waals surface area contributed by atoms with Crippen LogP contribution >= 0.6 is 0 Å². The van der Waals surface area contributed by atoms with Gasteiger partial charge in [-0.3, -0.25) is 14.3 Å². The smallest absolute Gasteiger partial charge is 0.329 e. The second-order valence-electron chi connectivity index (χ2n) is 5.94. The summed E-state index contributed by atoms with van der Waals surface area (Å²) in [6.45, 7) is 2.74. The molecule has 0 N–H and O–H groups in total. The number of amides is 2. The number of rotatable bonds is 4. The molecule has 1 aliphatic heterocycles. The summed E-state index contributed by atoms with van der Waals surface area (Å²) in [6.07, 6.45) is 4.28. The second kappa shape index (κ2) is 5.30. The van der Waals surface area contributed by atoms with E-state index in [1.54, 1.807) is 35.1 Å². The summed E-state index contributed by atoms with van der Waals surface area (Å²) in [5.74, 6) is -2.06. The predicted octanol–water partition coefficient (Wildman–Crippen LogP) is 1.76. The lowest BCUT2D eigenvalue weighted by Gasteiger charge is -2.12. The van der Waals surface area contributed by atoms with Gasteiger partial charge in [0, 0.05) is 18.7 Å². The van der Waals surface area contributed by atoms with E-state index in [2.05, 4.69) is 5.10 Å². The number of fused-ring (bicyclic) bond motifs is 1.